The lowest BCUT2D eigenvalue weighted by Crippen LogP contribution is -2.64. The Labute approximate surface area is 491 Å². The number of hydrogen-bond donors (Lipinski definition) is 0. The third kappa shape index (κ3) is 6.84. The van der Waals surface area contributed by atoms with Crippen LogP contribution in [0.25, 0.3) is 33.2 Å². The minimum Gasteiger partial charge on any atom is -0.468 e. The van der Waals surface area contributed by atoms with Crippen LogP contribution in [0.1, 0.15) is 201 Å². The Hall–Kier alpha value is -6.46. The summed E-state index contributed by atoms with van der Waals surface area (Å²) in [5.74, 6) is 0. The first kappa shape index (κ1) is 46.1. The monoisotopic (exact) mass is 1070 g/mol. The quantitative estimate of drug-likeness (QED) is 0.164. The molecule has 4 atom stereocenters. The second kappa shape index (κ2) is 16.6. The molecule has 4 aliphatic heterocycles. The molecule has 412 valence electrons. The van der Waals surface area contributed by atoms with Crippen molar-refractivity contribution in [2.24, 2.45) is 0 Å². The van der Waals surface area contributed by atoms with Crippen LogP contribution in [0.15, 0.2) is 138 Å². The van der Waals surface area contributed by atoms with E-state index in [-0.39, 0.29) is 80.5 Å². The van der Waals surface area contributed by atoms with Gasteiger partial charge in [0.25, 0.3) is 6.71 Å². The number of nitrogens with zero attached hydrogens (tertiary/aromatic N) is 3. The van der Waals surface area contributed by atoms with Crippen LogP contribution < -0.4 is 31.3 Å². The van der Waals surface area contributed by atoms with Crippen molar-refractivity contribution in [3.05, 3.63) is 167 Å². The molecule has 81 heavy (non-hydrogen) atoms. The molecule has 2 saturated carbocycles. The van der Waals surface area contributed by atoms with Gasteiger partial charge < -0.3 is 19.1 Å². The van der Waals surface area contributed by atoms with Crippen molar-refractivity contribution in [3.8, 4) is 22.3 Å². The van der Waals surface area contributed by atoms with E-state index in [0.29, 0.717) is 5.56 Å². The Bertz CT molecular complexity index is 4250. The van der Waals surface area contributed by atoms with Crippen LogP contribution in [0.5, 0.6) is 0 Å². The van der Waals surface area contributed by atoms with Gasteiger partial charge in [-0.2, -0.15) is 0 Å². The maximum absolute atomic E-state index is 9.17. The van der Waals surface area contributed by atoms with Crippen molar-refractivity contribution in [1.82, 2.24) is 0 Å². The third-order valence-electron chi connectivity index (χ3n) is 22.8. The van der Waals surface area contributed by atoms with Gasteiger partial charge in [-0.3, -0.25) is 0 Å². The summed E-state index contributed by atoms with van der Waals surface area (Å²) in [4.78, 5) is 8.25. The topological polar surface area (TPSA) is 22.9 Å². The fourth-order valence-corrected chi connectivity index (χ4v) is 17.4. The Balaban J connectivity index is 1.10. The van der Waals surface area contributed by atoms with E-state index in [1.807, 2.05) is 6.07 Å². The minimum absolute atomic E-state index is 0.0279. The Morgan fingerprint density at radius 1 is 0.494 bits per heavy atom. The van der Waals surface area contributed by atoms with Crippen LogP contribution in [0.2, 0.25) is 0 Å². The van der Waals surface area contributed by atoms with Gasteiger partial charge in [0.1, 0.15) is 5.58 Å². The summed E-state index contributed by atoms with van der Waals surface area (Å²) >= 11 is 0. The summed E-state index contributed by atoms with van der Waals surface area (Å²) in [6, 6.07) is 38.8. The highest BCUT2D eigenvalue weighted by Gasteiger charge is 2.64. The number of rotatable bonds is 4. The molecule has 1 aromatic heterocycles. The van der Waals surface area contributed by atoms with Crippen molar-refractivity contribution in [2.75, 3.05) is 14.7 Å². The van der Waals surface area contributed by atoms with Crippen molar-refractivity contribution in [3.63, 3.8) is 0 Å². The highest BCUT2D eigenvalue weighted by Crippen LogP contribution is 2.66. The lowest BCUT2D eigenvalue weighted by molar-refractivity contribution is 0.194. The predicted molar refractivity (Wildman–Crippen MR) is 345 cm³/mol. The zero-order chi connectivity index (χ0) is 60.7. The third-order valence-corrected chi connectivity index (χ3v) is 22.8. The van der Waals surface area contributed by atoms with Gasteiger partial charge in [-0.1, -0.05) is 194 Å². The van der Waals surface area contributed by atoms with Crippen LogP contribution in [0.3, 0.4) is 0 Å². The van der Waals surface area contributed by atoms with Crippen molar-refractivity contribution < 1.29 is 11.3 Å². The van der Waals surface area contributed by atoms with E-state index in [0.717, 1.165) is 97.2 Å². The largest absolute Gasteiger partial charge is 0.468 e. The molecule has 8 aromatic rings. The van der Waals surface area contributed by atoms with Crippen molar-refractivity contribution >= 4 is 74.1 Å². The van der Waals surface area contributed by atoms with Gasteiger partial charge >= 0.3 is 0 Å². The first-order valence-corrected chi connectivity index (χ1v) is 30.8. The minimum atomic E-state index is -0.395. The molecule has 5 heteroatoms. The lowest BCUT2D eigenvalue weighted by atomic mass is 9.35. The average Bonchev–Trinajstić information content (AvgIpc) is 1.47. The molecule has 2 fully saturated rings. The van der Waals surface area contributed by atoms with Gasteiger partial charge in [-0.05, 0) is 184 Å². The second-order valence-electron chi connectivity index (χ2n) is 30.2. The van der Waals surface area contributed by atoms with E-state index in [1.54, 1.807) is 0 Å². The van der Waals surface area contributed by atoms with E-state index < -0.39 is 5.54 Å². The fraction of sp³-hybridized carbons (Fsp3) is 0.421. The molecule has 0 saturated heterocycles. The average molecular weight is 1070 g/mol. The summed E-state index contributed by atoms with van der Waals surface area (Å²) in [5, 5.41) is 1.15. The molecule has 5 heterocycles. The van der Waals surface area contributed by atoms with E-state index in [1.165, 1.54) is 78.9 Å². The number of fused-ring (bicyclic) bond motifs is 13. The number of hydrogen-bond acceptors (Lipinski definition) is 4. The van der Waals surface area contributed by atoms with Gasteiger partial charge in [-0.25, -0.2) is 0 Å². The predicted octanol–water partition coefficient (Wildman–Crippen LogP) is 18.8. The first-order valence-electron chi connectivity index (χ1n) is 33.3. The molecule has 4 nitrogen and oxygen atoms in total. The van der Waals surface area contributed by atoms with Crippen molar-refractivity contribution in [2.45, 2.75) is 205 Å². The van der Waals surface area contributed by atoms with Gasteiger partial charge in [-0.15, -0.1) is 0 Å². The molecule has 0 spiro atoms. The second-order valence-corrected chi connectivity index (χ2v) is 30.2. The van der Waals surface area contributed by atoms with Gasteiger partial charge in [0.2, 0.25) is 0 Å². The Morgan fingerprint density at radius 2 is 1.11 bits per heavy atom. The molecule has 15 rings (SSSR count). The number of benzene rings is 7. The van der Waals surface area contributed by atoms with Crippen LogP contribution in [-0.2, 0) is 32.5 Å². The maximum atomic E-state index is 9.17. The summed E-state index contributed by atoms with van der Waals surface area (Å²) < 4.78 is 52.2. The van der Waals surface area contributed by atoms with Crippen LogP contribution in [0.4, 0.5) is 39.8 Å². The van der Waals surface area contributed by atoms with Gasteiger partial charge in [0.15, 0.2) is 0 Å². The van der Waals surface area contributed by atoms with E-state index in [4.69, 9.17) is 8.53 Å². The molecule has 0 radical (unpaired) electrons. The molecule has 0 bridgehead atoms. The number of anilines is 7. The maximum Gasteiger partial charge on any atom is 0.297 e. The molecule has 7 aromatic carbocycles. The molecule has 0 N–H and O–H groups in total. The van der Waals surface area contributed by atoms with Crippen molar-refractivity contribution in [1.29, 1.82) is 0 Å². The molecule has 3 aliphatic carbocycles. The first-order chi connectivity index (χ1) is 40.4. The summed E-state index contributed by atoms with van der Waals surface area (Å²) in [7, 11) is 0. The summed E-state index contributed by atoms with van der Waals surface area (Å²) in [6.07, 6.45) is 10.8. The summed E-state index contributed by atoms with van der Waals surface area (Å²) in [5.41, 5.74) is 22.8. The highest BCUT2D eigenvalue weighted by molar-refractivity contribution is 7.00. The normalized spacial score (nSPS) is 26.3. The molecular weight excluding hydrogens is 982 g/mol. The molecule has 4 unspecified atom stereocenters. The van der Waals surface area contributed by atoms with E-state index >= 15 is 0 Å². The molecule has 0 amide bonds. The Kier molecular flexibility index (Phi) is 9.46. The lowest BCUT2D eigenvalue weighted by Gasteiger charge is -2.53. The summed E-state index contributed by atoms with van der Waals surface area (Å²) in [6.45, 7) is 33.8. The van der Waals surface area contributed by atoms with Crippen LogP contribution in [0, 0.1) is 0 Å². The Morgan fingerprint density at radius 3 is 1.79 bits per heavy atom. The van der Waals surface area contributed by atoms with Gasteiger partial charge in [0, 0.05) is 50.2 Å². The molecular formula is C76H84BN3O. The van der Waals surface area contributed by atoms with Crippen LogP contribution in [-0.4, -0.2) is 17.8 Å². The SMILES string of the molecule is [2H]c1c([2H])c([2H])c(-c2ccc3c(c2)C2(C)CCCCC2(C)N3c2cc3c4c(c2)N2c5c(cc(C(C)(C)C)cc5C5(C)CCCCC25C)B4c2oc4cc5c(cc4c2N3c2ccc(C(C)(C)C)cc2-c2ccccc2)C(C)(C)CCC5(C)C)c([2H])c1[2H]. The van der Waals surface area contributed by atoms with Crippen LogP contribution >= 0.6 is 0 Å². The zero-order valence-corrected chi connectivity index (χ0v) is 50.7. The smallest absolute Gasteiger partial charge is 0.297 e. The highest BCUT2D eigenvalue weighted by atomic mass is 16.3. The van der Waals surface area contributed by atoms with E-state index in [2.05, 4.69) is 209 Å². The van der Waals surface area contributed by atoms with Gasteiger partial charge in [0.05, 0.1) is 35.0 Å². The fourth-order valence-electron chi connectivity index (χ4n) is 17.4. The number of furan rings is 1. The van der Waals surface area contributed by atoms with E-state index in [9.17, 15) is 2.74 Å². The zero-order valence-electron chi connectivity index (χ0n) is 55.7. The molecule has 7 aliphatic rings. The standard InChI is InChI=1S/C76H84BN3O/c1-69(2,3)50-30-32-60(53(40-50)48-27-19-16-20-28-48)78-62-43-52(79-61-31-29-49(47-25-17-15-18-26-47)39-57(61)73(11)33-21-23-35-75(73,79)13)44-63-65(62)77(68-66(78)54-45-55-56(46-64(54)81-68)72(9,10)38-37-71(55,7)8)59-42-51(70(4,5)6)41-58-67(59)80(63)76(14)36-24-22-34-74(58,76)12/h15-20,25-32,39-46H,21-24,33-38H2,1-14H3/i15D,17D,18D,25D,26D.